The van der Waals surface area contributed by atoms with Crippen LogP contribution in [0.15, 0.2) is 12.2 Å². The van der Waals surface area contributed by atoms with E-state index in [-0.39, 0.29) is 23.7 Å². The number of carbonyl (C=O) groups is 2. The van der Waals surface area contributed by atoms with Crippen LogP contribution in [-0.2, 0) is 23.8 Å². The van der Waals surface area contributed by atoms with Gasteiger partial charge in [0.15, 0.2) is 6.29 Å². The fourth-order valence-electron chi connectivity index (χ4n) is 3.17. The number of unbranched alkanes of at least 4 members (excludes halogenated alkanes) is 4. The molecule has 152 valence electrons. The second kappa shape index (κ2) is 14.9. The van der Waals surface area contributed by atoms with Gasteiger partial charge in [0.05, 0.1) is 5.92 Å². The summed E-state index contributed by atoms with van der Waals surface area (Å²) in [7, 11) is 3.22. The molecule has 0 amide bonds. The van der Waals surface area contributed by atoms with Crippen molar-refractivity contribution in [3.63, 3.8) is 0 Å². The molecule has 0 radical (unpaired) electrons. The maximum atomic E-state index is 12.6. The second-order valence-corrected chi connectivity index (χ2v) is 7.01. The molecule has 0 aliphatic rings. The maximum Gasteiger partial charge on any atom is 0.340 e. The van der Waals surface area contributed by atoms with Gasteiger partial charge in [-0.2, -0.15) is 0 Å². The summed E-state index contributed by atoms with van der Waals surface area (Å²) in [5, 5.41) is 0. The summed E-state index contributed by atoms with van der Waals surface area (Å²) >= 11 is 0. The summed E-state index contributed by atoms with van der Waals surface area (Å²) in [6, 6.07) is 0. The van der Waals surface area contributed by atoms with Crippen molar-refractivity contribution in [3.8, 4) is 0 Å². The van der Waals surface area contributed by atoms with Crippen molar-refractivity contribution < 1.29 is 23.8 Å². The molecule has 0 heterocycles. The zero-order chi connectivity index (χ0) is 19.9. The van der Waals surface area contributed by atoms with Crippen molar-refractivity contribution in [3.05, 3.63) is 12.2 Å². The Morgan fingerprint density at radius 1 is 0.923 bits per heavy atom. The Bertz CT molecular complexity index is 415. The average molecular weight is 371 g/mol. The molecule has 0 rings (SSSR count). The minimum absolute atomic E-state index is 0.0862. The molecular weight excluding hydrogens is 332 g/mol. The highest BCUT2D eigenvalue weighted by atomic mass is 16.7. The van der Waals surface area contributed by atoms with Crippen molar-refractivity contribution in [2.45, 2.75) is 84.8 Å². The van der Waals surface area contributed by atoms with Gasteiger partial charge in [0, 0.05) is 25.7 Å². The van der Waals surface area contributed by atoms with Crippen molar-refractivity contribution in [2.24, 2.45) is 11.8 Å². The van der Waals surface area contributed by atoms with Crippen LogP contribution in [0.2, 0.25) is 0 Å². The molecule has 0 aliphatic carbocycles. The first-order chi connectivity index (χ1) is 12.4. The molecule has 0 aromatic carbocycles. The second-order valence-electron chi connectivity index (χ2n) is 7.01. The smallest absolute Gasteiger partial charge is 0.340 e. The molecule has 5 nitrogen and oxygen atoms in total. The minimum Gasteiger partial charge on any atom is -0.389 e. The number of hydrogen-bond acceptors (Lipinski definition) is 5. The molecule has 0 saturated carbocycles. The SMILES string of the molecule is C=C(C)C(=O)OC(=O)C(CCCCCCC)CC(CCC)C(OC)OC. The third kappa shape index (κ3) is 10.1. The first-order valence-electron chi connectivity index (χ1n) is 9.88. The van der Waals surface area contributed by atoms with E-state index in [1.807, 2.05) is 0 Å². The molecule has 0 saturated heterocycles. The number of esters is 2. The first-order valence-corrected chi connectivity index (χ1v) is 9.88. The molecule has 26 heavy (non-hydrogen) atoms. The van der Waals surface area contributed by atoms with Gasteiger partial charge in [-0.3, -0.25) is 4.79 Å². The fourth-order valence-corrected chi connectivity index (χ4v) is 3.17. The zero-order valence-corrected chi connectivity index (χ0v) is 17.3. The van der Waals surface area contributed by atoms with Crippen LogP contribution in [0.25, 0.3) is 0 Å². The lowest BCUT2D eigenvalue weighted by molar-refractivity contribution is -0.164. The lowest BCUT2D eigenvalue weighted by Crippen LogP contribution is -2.30. The summed E-state index contributed by atoms with van der Waals surface area (Å²) in [5.41, 5.74) is 0.233. The Hall–Kier alpha value is -1.20. The Morgan fingerprint density at radius 2 is 1.54 bits per heavy atom. The van der Waals surface area contributed by atoms with Crippen molar-refractivity contribution in [1.29, 1.82) is 0 Å². The summed E-state index contributed by atoms with van der Waals surface area (Å²) in [4.78, 5) is 24.3. The number of methoxy groups -OCH3 is 2. The lowest BCUT2D eigenvalue weighted by atomic mass is 9.87. The monoisotopic (exact) mass is 370 g/mol. The highest BCUT2D eigenvalue weighted by molar-refractivity contribution is 5.95. The molecule has 2 unspecified atom stereocenters. The fraction of sp³-hybridized carbons (Fsp3) is 0.810. The standard InChI is InChI=1S/C21H38O5/c1-7-9-10-11-12-14-17(20(23)26-19(22)16(3)4)15-18(13-8-2)21(24-5)25-6/h17-18,21H,3,7-15H2,1-2,4-6H3. The van der Waals surface area contributed by atoms with E-state index in [2.05, 4.69) is 20.4 Å². The van der Waals surface area contributed by atoms with Crippen LogP contribution in [-0.4, -0.2) is 32.4 Å². The molecular formula is C21H38O5. The van der Waals surface area contributed by atoms with Crippen LogP contribution >= 0.6 is 0 Å². The van der Waals surface area contributed by atoms with Gasteiger partial charge >= 0.3 is 11.9 Å². The summed E-state index contributed by atoms with van der Waals surface area (Å²) < 4.78 is 15.9. The largest absolute Gasteiger partial charge is 0.389 e. The first kappa shape index (κ1) is 24.8. The Morgan fingerprint density at radius 3 is 2.04 bits per heavy atom. The van der Waals surface area contributed by atoms with Crippen LogP contribution in [0, 0.1) is 11.8 Å². The summed E-state index contributed by atoms with van der Waals surface area (Å²) in [5.74, 6) is -1.35. The van der Waals surface area contributed by atoms with Gasteiger partial charge in [-0.05, 0) is 26.2 Å². The van der Waals surface area contributed by atoms with E-state index in [0.717, 1.165) is 25.7 Å². The van der Waals surface area contributed by atoms with E-state index in [1.165, 1.54) is 19.3 Å². The molecule has 0 N–H and O–H groups in total. The predicted octanol–water partition coefficient (Wildman–Crippen LogP) is 5.03. The van der Waals surface area contributed by atoms with Crippen LogP contribution in [0.3, 0.4) is 0 Å². The van der Waals surface area contributed by atoms with E-state index in [4.69, 9.17) is 14.2 Å². The van der Waals surface area contributed by atoms with E-state index in [0.29, 0.717) is 12.8 Å². The number of rotatable bonds is 15. The van der Waals surface area contributed by atoms with Crippen LogP contribution in [0.5, 0.6) is 0 Å². The van der Waals surface area contributed by atoms with E-state index < -0.39 is 11.9 Å². The molecule has 2 atom stereocenters. The summed E-state index contributed by atoms with van der Waals surface area (Å²) in [6.07, 6.45) is 8.40. The highest BCUT2D eigenvalue weighted by Crippen LogP contribution is 2.28. The average Bonchev–Trinajstić information content (AvgIpc) is 2.61. The number of ether oxygens (including phenoxy) is 3. The molecule has 5 heteroatoms. The van der Waals surface area contributed by atoms with Crippen molar-refractivity contribution >= 4 is 11.9 Å². The third-order valence-electron chi connectivity index (χ3n) is 4.63. The van der Waals surface area contributed by atoms with Gasteiger partial charge in [-0.25, -0.2) is 4.79 Å². The van der Waals surface area contributed by atoms with E-state index in [1.54, 1.807) is 21.1 Å². The van der Waals surface area contributed by atoms with Gasteiger partial charge < -0.3 is 14.2 Å². The van der Waals surface area contributed by atoms with Crippen molar-refractivity contribution in [2.75, 3.05) is 14.2 Å². The quantitative estimate of drug-likeness (QED) is 0.133. The molecule has 0 aromatic heterocycles. The van der Waals surface area contributed by atoms with E-state index in [9.17, 15) is 9.59 Å². The molecule has 0 aliphatic heterocycles. The van der Waals surface area contributed by atoms with Gasteiger partial charge in [-0.1, -0.05) is 59.0 Å². The van der Waals surface area contributed by atoms with Crippen LogP contribution < -0.4 is 0 Å². The number of hydrogen-bond donors (Lipinski definition) is 0. The molecule has 0 bridgehead atoms. The van der Waals surface area contributed by atoms with Crippen LogP contribution in [0.4, 0.5) is 0 Å². The molecule has 0 aromatic rings. The van der Waals surface area contributed by atoms with Gasteiger partial charge in [-0.15, -0.1) is 0 Å². The minimum atomic E-state index is -0.645. The van der Waals surface area contributed by atoms with Gasteiger partial charge in [0.25, 0.3) is 0 Å². The van der Waals surface area contributed by atoms with Crippen molar-refractivity contribution in [1.82, 2.24) is 0 Å². The lowest BCUT2D eigenvalue weighted by Gasteiger charge is -2.27. The highest BCUT2D eigenvalue weighted by Gasteiger charge is 2.30. The summed E-state index contributed by atoms with van der Waals surface area (Å²) in [6.45, 7) is 9.35. The van der Waals surface area contributed by atoms with Gasteiger partial charge in [0.2, 0.25) is 0 Å². The predicted molar refractivity (Wildman–Crippen MR) is 104 cm³/mol. The van der Waals surface area contributed by atoms with Gasteiger partial charge in [0.1, 0.15) is 0 Å². The normalized spacial score (nSPS) is 13.5. The Labute approximate surface area is 159 Å². The molecule has 0 spiro atoms. The number of carbonyl (C=O) groups excluding carboxylic acids is 2. The topological polar surface area (TPSA) is 61.8 Å². The maximum absolute atomic E-state index is 12.6. The van der Waals surface area contributed by atoms with E-state index >= 15 is 0 Å². The Kier molecular flexibility index (Phi) is 14.2. The molecule has 0 fully saturated rings. The van der Waals surface area contributed by atoms with Crippen LogP contribution in [0.1, 0.15) is 78.6 Å². The zero-order valence-electron chi connectivity index (χ0n) is 17.3. The Balaban J connectivity index is 4.98. The third-order valence-corrected chi connectivity index (χ3v) is 4.63.